The largest absolute Gasteiger partial charge is 0.390 e. The average molecular weight is 327 g/mol. The molecule has 2 heterocycles. The van der Waals surface area contributed by atoms with Gasteiger partial charge < -0.3 is 9.67 Å². The van der Waals surface area contributed by atoms with E-state index < -0.39 is 10.0 Å². The van der Waals surface area contributed by atoms with Gasteiger partial charge in [-0.25, -0.2) is 13.4 Å². The lowest BCUT2D eigenvalue weighted by Crippen LogP contribution is -2.12. The van der Waals surface area contributed by atoms with E-state index in [1.165, 1.54) is 23.6 Å². The number of nitrogens with zero attached hydrogens (tertiary/aromatic N) is 2. The summed E-state index contributed by atoms with van der Waals surface area (Å²) in [6.07, 6.45) is 3.80. The molecule has 0 spiro atoms. The van der Waals surface area contributed by atoms with Gasteiger partial charge in [0.05, 0.1) is 12.3 Å². The highest BCUT2D eigenvalue weighted by molar-refractivity contribution is 7.93. The molecule has 3 rings (SSSR count). The van der Waals surface area contributed by atoms with Crippen LogP contribution in [0.2, 0.25) is 0 Å². The van der Waals surface area contributed by atoms with Crippen LogP contribution in [-0.4, -0.2) is 23.1 Å². The number of aliphatic hydroxyl groups excluding tert-OH is 1. The first-order chi connectivity index (χ1) is 10.0. The molecule has 114 valence electrons. The fourth-order valence-electron chi connectivity index (χ4n) is 2.17. The van der Waals surface area contributed by atoms with Crippen LogP contribution in [0, 0.1) is 0 Å². The molecule has 0 unspecified atom stereocenters. The number of aryl methyl sites for hydroxylation is 1. The van der Waals surface area contributed by atoms with Crippen LogP contribution in [-0.2, 0) is 23.2 Å². The Kier molecular flexibility index (Phi) is 3.76. The van der Waals surface area contributed by atoms with E-state index in [0.717, 1.165) is 18.5 Å². The van der Waals surface area contributed by atoms with Gasteiger partial charge in [0.25, 0.3) is 10.0 Å². The Hall–Kier alpha value is -1.38. The Labute approximate surface area is 127 Å². The number of nitrogens with one attached hydrogen (secondary N) is 1. The third-order valence-corrected chi connectivity index (χ3v) is 5.72. The van der Waals surface area contributed by atoms with Gasteiger partial charge in [0.1, 0.15) is 4.90 Å². The fourth-order valence-corrected chi connectivity index (χ4v) is 4.28. The Morgan fingerprint density at radius 1 is 1.52 bits per heavy atom. The Morgan fingerprint density at radius 2 is 2.29 bits per heavy atom. The second-order valence-corrected chi connectivity index (χ2v) is 7.61. The minimum Gasteiger partial charge on any atom is -0.390 e. The lowest BCUT2D eigenvalue weighted by atomic mass is 10.3. The van der Waals surface area contributed by atoms with Gasteiger partial charge in [0, 0.05) is 29.7 Å². The zero-order chi connectivity index (χ0) is 15.0. The highest BCUT2D eigenvalue weighted by Gasteiger charge is 2.27. The smallest absolute Gasteiger partial charge is 0.265 e. The molecule has 1 aliphatic carbocycles. The number of thiazole rings is 1. The SMILES string of the molecule is CCn1cc(S(=O)(=O)Nc2nc(C3CC3)cs2)cc1CO. The first kappa shape index (κ1) is 14.6. The number of sulfonamides is 1. The molecule has 2 aromatic heterocycles. The van der Waals surface area contributed by atoms with E-state index in [4.69, 9.17) is 0 Å². The summed E-state index contributed by atoms with van der Waals surface area (Å²) >= 11 is 1.30. The van der Waals surface area contributed by atoms with Gasteiger partial charge >= 0.3 is 0 Å². The lowest BCUT2D eigenvalue weighted by Gasteiger charge is -2.02. The fraction of sp³-hybridized carbons (Fsp3) is 0.462. The molecule has 1 fully saturated rings. The van der Waals surface area contributed by atoms with Crippen LogP contribution in [0.4, 0.5) is 5.13 Å². The van der Waals surface area contributed by atoms with Crippen molar-refractivity contribution in [2.45, 2.75) is 43.7 Å². The molecule has 0 bridgehead atoms. The Bertz CT molecular complexity index is 723. The third-order valence-electron chi connectivity index (χ3n) is 3.51. The second-order valence-electron chi connectivity index (χ2n) is 5.07. The maximum absolute atomic E-state index is 12.4. The standard InChI is InChI=1S/C13H17N3O3S2/c1-2-16-6-11(5-10(16)7-17)21(18,19)15-13-14-12(8-20-13)9-3-4-9/h5-6,8-9,17H,2-4,7H2,1H3,(H,14,15). The highest BCUT2D eigenvalue weighted by Crippen LogP contribution is 2.41. The average Bonchev–Trinajstić information content (AvgIpc) is 3.05. The molecule has 2 aromatic rings. The number of anilines is 1. The van der Waals surface area contributed by atoms with Crippen LogP contribution in [0.3, 0.4) is 0 Å². The van der Waals surface area contributed by atoms with Crippen molar-refractivity contribution >= 4 is 26.5 Å². The molecule has 21 heavy (non-hydrogen) atoms. The van der Waals surface area contributed by atoms with Crippen LogP contribution in [0.1, 0.15) is 37.1 Å². The van der Waals surface area contributed by atoms with E-state index in [2.05, 4.69) is 9.71 Å². The molecule has 0 amide bonds. The van der Waals surface area contributed by atoms with E-state index in [1.54, 1.807) is 4.57 Å². The molecule has 1 saturated carbocycles. The number of aliphatic hydroxyl groups is 1. The highest BCUT2D eigenvalue weighted by atomic mass is 32.2. The maximum Gasteiger partial charge on any atom is 0.265 e. The minimum absolute atomic E-state index is 0.150. The summed E-state index contributed by atoms with van der Waals surface area (Å²) in [6.45, 7) is 2.31. The van der Waals surface area contributed by atoms with Gasteiger partial charge in [-0.1, -0.05) is 0 Å². The third kappa shape index (κ3) is 2.97. The van der Waals surface area contributed by atoms with E-state index in [9.17, 15) is 13.5 Å². The molecule has 8 heteroatoms. The Morgan fingerprint density at radius 3 is 2.86 bits per heavy atom. The van der Waals surface area contributed by atoms with Gasteiger partial charge in [-0.3, -0.25) is 4.72 Å². The zero-order valence-corrected chi connectivity index (χ0v) is 13.2. The number of hydrogen-bond donors (Lipinski definition) is 2. The molecule has 1 aliphatic rings. The molecule has 0 saturated heterocycles. The molecule has 2 N–H and O–H groups in total. The van der Waals surface area contributed by atoms with E-state index in [1.807, 2.05) is 12.3 Å². The van der Waals surface area contributed by atoms with Crippen LogP contribution in [0.5, 0.6) is 0 Å². The van der Waals surface area contributed by atoms with Crippen LogP contribution in [0.25, 0.3) is 0 Å². The van der Waals surface area contributed by atoms with Crippen molar-refractivity contribution in [3.05, 3.63) is 29.0 Å². The summed E-state index contributed by atoms with van der Waals surface area (Å²) in [5, 5.41) is 11.5. The summed E-state index contributed by atoms with van der Waals surface area (Å²) < 4.78 is 28.9. The monoisotopic (exact) mass is 327 g/mol. The summed E-state index contributed by atoms with van der Waals surface area (Å²) in [5.74, 6) is 0.502. The predicted molar refractivity (Wildman–Crippen MR) is 80.9 cm³/mol. The predicted octanol–water partition coefficient (Wildman–Crippen LogP) is 2.14. The normalized spacial score (nSPS) is 15.3. The number of rotatable bonds is 6. The van der Waals surface area contributed by atoms with Crippen molar-refractivity contribution in [3.63, 3.8) is 0 Å². The molecule has 0 aliphatic heterocycles. The molecule has 0 aromatic carbocycles. The van der Waals surface area contributed by atoms with E-state index in [-0.39, 0.29) is 11.5 Å². The van der Waals surface area contributed by atoms with Crippen molar-refractivity contribution in [3.8, 4) is 0 Å². The minimum atomic E-state index is -3.66. The molecular weight excluding hydrogens is 310 g/mol. The van der Waals surface area contributed by atoms with E-state index >= 15 is 0 Å². The summed E-state index contributed by atoms with van der Waals surface area (Å²) in [4.78, 5) is 4.47. The molecular formula is C13H17N3O3S2. The van der Waals surface area contributed by atoms with E-state index in [0.29, 0.717) is 23.3 Å². The number of hydrogen-bond acceptors (Lipinski definition) is 5. The first-order valence-corrected chi connectivity index (χ1v) is 9.18. The van der Waals surface area contributed by atoms with Gasteiger partial charge in [-0.05, 0) is 25.8 Å². The molecule has 0 atom stereocenters. The lowest BCUT2D eigenvalue weighted by molar-refractivity contribution is 0.271. The number of aromatic nitrogens is 2. The van der Waals surface area contributed by atoms with Crippen molar-refractivity contribution in [2.24, 2.45) is 0 Å². The Balaban J connectivity index is 1.83. The quantitative estimate of drug-likeness (QED) is 0.851. The van der Waals surface area contributed by atoms with Crippen molar-refractivity contribution in [2.75, 3.05) is 4.72 Å². The zero-order valence-electron chi connectivity index (χ0n) is 11.6. The molecule has 6 nitrogen and oxygen atoms in total. The first-order valence-electron chi connectivity index (χ1n) is 6.81. The summed E-state index contributed by atoms with van der Waals surface area (Å²) in [6, 6.07) is 1.49. The van der Waals surface area contributed by atoms with Gasteiger partial charge in [0.2, 0.25) is 0 Å². The van der Waals surface area contributed by atoms with Gasteiger partial charge in [0.15, 0.2) is 5.13 Å². The summed E-state index contributed by atoms with van der Waals surface area (Å²) in [5.41, 5.74) is 1.55. The van der Waals surface area contributed by atoms with Crippen LogP contribution >= 0.6 is 11.3 Å². The molecule has 0 radical (unpaired) electrons. The van der Waals surface area contributed by atoms with Crippen LogP contribution < -0.4 is 4.72 Å². The second kappa shape index (κ2) is 5.43. The summed E-state index contributed by atoms with van der Waals surface area (Å²) in [7, 11) is -3.66. The van der Waals surface area contributed by atoms with Crippen LogP contribution in [0.15, 0.2) is 22.5 Å². The van der Waals surface area contributed by atoms with Crippen molar-refractivity contribution < 1.29 is 13.5 Å². The van der Waals surface area contributed by atoms with Crippen molar-refractivity contribution in [1.82, 2.24) is 9.55 Å². The maximum atomic E-state index is 12.4. The van der Waals surface area contributed by atoms with Gasteiger partial charge in [-0.2, -0.15) is 0 Å². The topological polar surface area (TPSA) is 84.2 Å². The van der Waals surface area contributed by atoms with Crippen molar-refractivity contribution in [1.29, 1.82) is 0 Å². The van der Waals surface area contributed by atoms with Gasteiger partial charge in [-0.15, -0.1) is 11.3 Å².